The predicted octanol–water partition coefficient (Wildman–Crippen LogP) is 2.54. The Morgan fingerprint density at radius 3 is 2.67 bits per heavy atom. The van der Waals surface area contributed by atoms with Crippen LogP contribution in [0, 0.1) is 16.0 Å². The molecule has 136 valence electrons. The van der Waals surface area contributed by atoms with E-state index in [2.05, 4.69) is 22.0 Å². The van der Waals surface area contributed by atoms with E-state index < -0.39 is 22.8 Å². The molecule has 0 unspecified atom stereocenters. The Kier molecular flexibility index (Phi) is 3.96. The van der Waals surface area contributed by atoms with Crippen molar-refractivity contribution in [1.82, 2.24) is 14.8 Å². The summed E-state index contributed by atoms with van der Waals surface area (Å²) in [6.45, 7) is 3.91. The van der Waals surface area contributed by atoms with E-state index in [9.17, 15) is 14.9 Å². The van der Waals surface area contributed by atoms with Gasteiger partial charge in [-0.15, -0.1) is 16.4 Å². The third-order valence-electron chi connectivity index (χ3n) is 4.35. The number of benzene rings is 1. The number of nitrogens with one attached hydrogen (secondary N) is 1. The van der Waals surface area contributed by atoms with Crippen molar-refractivity contribution < 1.29 is 9.72 Å². The molecule has 3 heterocycles. The van der Waals surface area contributed by atoms with E-state index in [0.29, 0.717) is 23.0 Å². The smallest absolute Gasteiger partial charge is 0.269 e. The number of nitro groups is 1. The molecule has 1 amide bonds. The van der Waals surface area contributed by atoms with Gasteiger partial charge in [-0.2, -0.15) is 4.98 Å². The van der Waals surface area contributed by atoms with Crippen molar-refractivity contribution in [2.75, 3.05) is 5.32 Å². The summed E-state index contributed by atoms with van der Waals surface area (Å²) in [5.41, 5.74) is 6.63. The SMILES string of the molecule is C=C1Nc2nc(-c3cccs3)nn2[C@H](c2ccc([N+](=O)[O-])cc2)[C@H]1C(N)=O. The van der Waals surface area contributed by atoms with Gasteiger partial charge in [-0.1, -0.05) is 24.8 Å². The zero-order valence-corrected chi connectivity index (χ0v) is 14.7. The average Bonchev–Trinajstić information content (AvgIpc) is 3.29. The van der Waals surface area contributed by atoms with Gasteiger partial charge >= 0.3 is 0 Å². The van der Waals surface area contributed by atoms with E-state index >= 15 is 0 Å². The van der Waals surface area contributed by atoms with Gasteiger partial charge in [0.15, 0.2) is 5.82 Å². The molecule has 2 atom stereocenters. The van der Waals surface area contributed by atoms with Gasteiger partial charge in [-0.05, 0) is 17.0 Å². The topological polar surface area (TPSA) is 129 Å². The van der Waals surface area contributed by atoms with Gasteiger partial charge in [0.25, 0.3) is 5.69 Å². The van der Waals surface area contributed by atoms with Gasteiger partial charge in [0.1, 0.15) is 5.92 Å². The van der Waals surface area contributed by atoms with E-state index in [1.165, 1.54) is 23.5 Å². The fraction of sp³-hybridized carbons (Fsp3) is 0.118. The van der Waals surface area contributed by atoms with Crippen LogP contribution >= 0.6 is 11.3 Å². The van der Waals surface area contributed by atoms with Crippen molar-refractivity contribution >= 4 is 28.9 Å². The molecule has 27 heavy (non-hydrogen) atoms. The quantitative estimate of drug-likeness (QED) is 0.527. The summed E-state index contributed by atoms with van der Waals surface area (Å²) in [6, 6.07) is 9.14. The Balaban J connectivity index is 1.85. The average molecular weight is 382 g/mol. The zero-order chi connectivity index (χ0) is 19.1. The van der Waals surface area contributed by atoms with Crippen LogP contribution < -0.4 is 11.1 Å². The molecule has 9 nitrogen and oxygen atoms in total. The van der Waals surface area contributed by atoms with E-state index in [4.69, 9.17) is 5.73 Å². The maximum atomic E-state index is 12.1. The summed E-state index contributed by atoms with van der Waals surface area (Å²) in [7, 11) is 0. The second-order valence-electron chi connectivity index (χ2n) is 6.00. The number of nitrogens with two attached hydrogens (primary N) is 1. The molecule has 0 radical (unpaired) electrons. The van der Waals surface area contributed by atoms with Gasteiger partial charge in [0.2, 0.25) is 11.9 Å². The fourth-order valence-corrected chi connectivity index (χ4v) is 3.77. The zero-order valence-electron chi connectivity index (χ0n) is 13.9. The Morgan fingerprint density at radius 1 is 1.33 bits per heavy atom. The lowest BCUT2D eigenvalue weighted by molar-refractivity contribution is -0.384. The Hall–Kier alpha value is -3.53. The number of carbonyl (C=O) groups excluding carboxylic acids is 1. The lowest BCUT2D eigenvalue weighted by Crippen LogP contribution is -2.40. The van der Waals surface area contributed by atoms with Gasteiger partial charge in [0.05, 0.1) is 15.8 Å². The van der Waals surface area contributed by atoms with Crippen LogP contribution in [0.4, 0.5) is 11.6 Å². The van der Waals surface area contributed by atoms with Crippen LogP contribution in [0.25, 0.3) is 10.7 Å². The summed E-state index contributed by atoms with van der Waals surface area (Å²) < 4.78 is 1.58. The van der Waals surface area contributed by atoms with Gasteiger partial charge < -0.3 is 11.1 Å². The highest BCUT2D eigenvalue weighted by Gasteiger charge is 2.39. The lowest BCUT2D eigenvalue weighted by atomic mass is 9.88. The minimum Gasteiger partial charge on any atom is -0.369 e. The molecule has 1 aromatic carbocycles. The molecule has 1 aliphatic heterocycles. The number of fused-ring (bicyclic) bond motifs is 1. The van der Waals surface area contributed by atoms with Crippen molar-refractivity contribution in [3.63, 3.8) is 0 Å². The summed E-state index contributed by atoms with van der Waals surface area (Å²) in [6.07, 6.45) is 0. The summed E-state index contributed by atoms with van der Waals surface area (Å²) >= 11 is 1.49. The minimum atomic E-state index is -0.781. The summed E-state index contributed by atoms with van der Waals surface area (Å²) in [4.78, 5) is 27.9. The highest BCUT2D eigenvalue weighted by molar-refractivity contribution is 7.13. The van der Waals surface area contributed by atoms with Crippen LogP contribution in [0.15, 0.2) is 54.1 Å². The minimum absolute atomic E-state index is 0.0415. The molecule has 0 saturated carbocycles. The third kappa shape index (κ3) is 2.85. The van der Waals surface area contributed by atoms with Crippen LogP contribution in [0.1, 0.15) is 11.6 Å². The Bertz CT molecular complexity index is 1040. The van der Waals surface area contributed by atoms with Crippen molar-refractivity contribution in [2.24, 2.45) is 11.7 Å². The molecule has 2 aromatic heterocycles. The number of aromatic nitrogens is 3. The standard InChI is InChI=1S/C17H14N6O3S/c1-9-13(15(18)24)14(10-4-6-11(7-5-10)23(25)26)22-17(19-9)20-16(21-22)12-3-2-8-27-12/h2-8,13-14H,1H2,(H2,18,24)(H,19,20,21)/t13-,14+/m0/s1. The first-order chi connectivity index (χ1) is 13.0. The van der Waals surface area contributed by atoms with E-state index in [-0.39, 0.29) is 5.69 Å². The van der Waals surface area contributed by atoms with E-state index in [1.54, 1.807) is 16.8 Å². The molecule has 0 aliphatic carbocycles. The third-order valence-corrected chi connectivity index (χ3v) is 5.22. The van der Waals surface area contributed by atoms with Gasteiger partial charge in [0, 0.05) is 17.8 Å². The first-order valence-corrected chi connectivity index (χ1v) is 8.83. The van der Waals surface area contributed by atoms with Gasteiger partial charge in [-0.3, -0.25) is 14.9 Å². The molecule has 4 rings (SSSR count). The first-order valence-electron chi connectivity index (χ1n) is 7.95. The number of nitro benzene ring substituents is 1. The number of carbonyl (C=O) groups is 1. The molecule has 3 aromatic rings. The number of amides is 1. The highest BCUT2D eigenvalue weighted by Crippen LogP contribution is 2.39. The number of rotatable bonds is 4. The molecule has 0 spiro atoms. The molecule has 0 saturated heterocycles. The molecular weight excluding hydrogens is 368 g/mol. The van der Waals surface area contributed by atoms with Crippen LogP contribution in [0.2, 0.25) is 0 Å². The largest absolute Gasteiger partial charge is 0.369 e. The summed E-state index contributed by atoms with van der Waals surface area (Å²) in [5, 5.41) is 20.4. The second-order valence-corrected chi connectivity index (χ2v) is 6.95. The summed E-state index contributed by atoms with van der Waals surface area (Å²) in [5.74, 6) is -0.409. The van der Waals surface area contributed by atoms with Crippen molar-refractivity contribution in [3.05, 3.63) is 69.7 Å². The van der Waals surface area contributed by atoms with Crippen molar-refractivity contribution in [3.8, 4) is 10.7 Å². The highest BCUT2D eigenvalue weighted by atomic mass is 32.1. The van der Waals surface area contributed by atoms with E-state index in [1.807, 2.05) is 17.5 Å². The van der Waals surface area contributed by atoms with Crippen molar-refractivity contribution in [1.29, 1.82) is 0 Å². The number of primary amides is 1. The number of hydrogen-bond acceptors (Lipinski definition) is 7. The number of nitrogens with zero attached hydrogens (tertiary/aromatic N) is 4. The maximum absolute atomic E-state index is 12.1. The van der Waals surface area contributed by atoms with Crippen LogP contribution in [0.5, 0.6) is 0 Å². The number of thiophene rings is 1. The van der Waals surface area contributed by atoms with Crippen molar-refractivity contribution in [2.45, 2.75) is 6.04 Å². The Labute approximate surface area is 157 Å². The fourth-order valence-electron chi connectivity index (χ4n) is 3.12. The molecule has 0 fully saturated rings. The normalized spacial score (nSPS) is 18.6. The first kappa shape index (κ1) is 16.9. The maximum Gasteiger partial charge on any atom is 0.269 e. The molecule has 0 bridgehead atoms. The van der Waals surface area contributed by atoms with Crippen LogP contribution in [-0.2, 0) is 4.79 Å². The van der Waals surface area contributed by atoms with Crippen LogP contribution in [0.3, 0.4) is 0 Å². The molecular formula is C17H14N6O3S. The predicted molar refractivity (Wildman–Crippen MR) is 100 cm³/mol. The number of anilines is 1. The van der Waals surface area contributed by atoms with Crippen LogP contribution in [-0.4, -0.2) is 25.6 Å². The Morgan fingerprint density at radius 2 is 2.07 bits per heavy atom. The molecule has 3 N–H and O–H groups in total. The second kappa shape index (κ2) is 6.32. The monoisotopic (exact) mass is 382 g/mol. The number of hydrogen-bond donors (Lipinski definition) is 2. The molecule has 1 aliphatic rings. The molecule has 10 heteroatoms. The van der Waals surface area contributed by atoms with E-state index in [0.717, 1.165) is 4.88 Å². The lowest BCUT2D eigenvalue weighted by Gasteiger charge is -2.32. The van der Waals surface area contributed by atoms with Gasteiger partial charge in [-0.25, -0.2) is 4.68 Å². The number of non-ortho nitro benzene ring substituents is 1.